The lowest BCUT2D eigenvalue weighted by molar-refractivity contribution is -0.147. The van der Waals surface area contributed by atoms with Crippen LogP contribution in [-0.2, 0) is 9.53 Å². The number of ether oxygens (including phenoxy) is 1. The second-order valence-electron chi connectivity index (χ2n) is 5.14. The third-order valence-electron chi connectivity index (χ3n) is 3.94. The van der Waals surface area contributed by atoms with Gasteiger partial charge in [0.1, 0.15) is 5.54 Å². The number of hydrogen-bond acceptors (Lipinski definition) is 4. The number of likely N-dealkylation sites (tertiary alicyclic amines) is 1. The number of methoxy groups -OCH3 is 1. The maximum atomic E-state index is 12.3. The molecule has 0 saturated carbocycles. The summed E-state index contributed by atoms with van der Waals surface area (Å²) in [5.41, 5.74) is 0.330. The van der Waals surface area contributed by atoms with Crippen molar-refractivity contribution < 1.29 is 9.53 Å². The Morgan fingerprint density at radius 3 is 2.70 bits per heavy atom. The number of piperidine rings is 1. The number of benzene rings is 1. The van der Waals surface area contributed by atoms with E-state index in [0.717, 1.165) is 42.6 Å². The van der Waals surface area contributed by atoms with Gasteiger partial charge in [0.2, 0.25) is 0 Å². The molecule has 110 valence electrons. The largest absolute Gasteiger partial charge is 0.467 e. The molecule has 20 heavy (non-hydrogen) atoms. The van der Waals surface area contributed by atoms with Crippen molar-refractivity contribution >= 4 is 27.6 Å². The van der Waals surface area contributed by atoms with E-state index in [1.54, 1.807) is 0 Å². The van der Waals surface area contributed by atoms with Crippen molar-refractivity contribution in [1.29, 1.82) is 0 Å². The van der Waals surface area contributed by atoms with Crippen molar-refractivity contribution in [1.82, 2.24) is 4.90 Å². The van der Waals surface area contributed by atoms with Crippen molar-refractivity contribution in [2.24, 2.45) is 0 Å². The molecule has 0 radical (unpaired) electrons. The standard InChI is InChI=1S/C15H21BrN2O2/c1-3-18-9-7-15(8-10-18,14(19)20-2)17-13-6-4-5-12(16)11-13/h4-6,11,17H,3,7-10H2,1-2H3. The molecular formula is C15H21BrN2O2. The minimum atomic E-state index is -0.610. The third-order valence-corrected chi connectivity index (χ3v) is 4.43. The van der Waals surface area contributed by atoms with Gasteiger partial charge in [-0.1, -0.05) is 28.9 Å². The Hall–Kier alpha value is -1.07. The molecule has 1 saturated heterocycles. The number of anilines is 1. The predicted octanol–water partition coefficient (Wildman–Crippen LogP) is 2.89. The zero-order chi connectivity index (χ0) is 14.6. The van der Waals surface area contributed by atoms with Gasteiger partial charge >= 0.3 is 5.97 Å². The van der Waals surface area contributed by atoms with Gasteiger partial charge in [-0.3, -0.25) is 0 Å². The first-order chi connectivity index (χ1) is 9.59. The molecule has 1 aromatic carbocycles. The van der Waals surface area contributed by atoms with E-state index in [1.807, 2.05) is 24.3 Å². The molecule has 0 spiro atoms. The Balaban J connectivity index is 2.18. The molecule has 0 aliphatic carbocycles. The lowest BCUT2D eigenvalue weighted by Gasteiger charge is -2.40. The van der Waals surface area contributed by atoms with E-state index in [1.165, 1.54) is 7.11 Å². The Bertz CT molecular complexity index is 471. The lowest BCUT2D eigenvalue weighted by Crippen LogP contribution is -2.54. The minimum Gasteiger partial charge on any atom is -0.467 e. The molecule has 0 bridgehead atoms. The summed E-state index contributed by atoms with van der Waals surface area (Å²) in [6.07, 6.45) is 1.53. The van der Waals surface area contributed by atoms with Crippen LogP contribution in [0.2, 0.25) is 0 Å². The summed E-state index contributed by atoms with van der Waals surface area (Å²) < 4.78 is 6.03. The molecule has 2 rings (SSSR count). The Kier molecular flexibility index (Phi) is 5.05. The summed E-state index contributed by atoms with van der Waals surface area (Å²) in [6.45, 7) is 4.99. The Labute approximate surface area is 128 Å². The number of halogens is 1. The van der Waals surface area contributed by atoms with Gasteiger partial charge < -0.3 is 15.0 Å². The van der Waals surface area contributed by atoms with Crippen molar-refractivity contribution in [3.8, 4) is 0 Å². The van der Waals surface area contributed by atoms with Crippen LogP contribution in [0.15, 0.2) is 28.7 Å². The molecule has 1 heterocycles. The van der Waals surface area contributed by atoms with E-state index in [2.05, 4.69) is 33.1 Å². The van der Waals surface area contributed by atoms with Crippen molar-refractivity contribution in [3.05, 3.63) is 28.7 Å². The van der Waals surface area contributed by atoms with Crippen LogP contribution in [0, 0.1) is 0 Å². The number of esters is 1. The fourth-order valence-corrected chi connectivity index (χ4v) is 3.07. The Morgan fingerprint density at radius 2 is 2.15 bits per heavy atom. The lowest BCUT2D eigenvalue weighted by atomic mass is 9.87. The van der Waals surface area contributed by atoms with E-state index in [4.69, 9.17) is 4.74 Å². The molecular weight excluding hydrogens is 320 g/mol. The molecule has 1 N–H and O–H groups in total. The third kappa shape index (κ3) is 3.33. The first-order valence-corrected chi connectivity index (χ1v) is 7.73. The minimum absolute atomic E-state index is 0.173. The molecule has 1 fully saturated rings. The number of carbonyl (C=O) groups is 1. The molecule has 1 aliphatic heterocycles. The first-order valence-electron chi connectivity index (χ1n) is 6.94. The topological polar surface area (TPSA) is 41.6 Å². The summed E-state index contributed by atoms with van der Waals surface area (Å²) in [7, 11) is 1.46. The van der Waals surface area contributed by atoms with Crippen molar-refractivity contribution in [2.75, 3.05) is 32.1 Å². The smallest absolute Gasteiger partial charge is 0.331 e. The highest BCUT2D eigenvalue weighted by Gasteiger charge is 2.42. The van der Waals surface area contributed by atoms with Crippen LogP contribution in [0.3, 0.4) is 0 Å². The van der Waals surface area contributed by atoms with Crippen LogP contribution in [0.1, 0.15) is 19.8 Å². The molecule has 0 atom stereocenters. The molecule has 0 unspecified atom stereocenters. The van der Waals surface area contributed by atoms with Crippen LogP contribution in [0.25, 0.3) is 0 Å². The fraction of sp³-hybridized carbons (Fsp3) is 0.533. The first kappa shape index (κ1) is 15.3. The van der Waals surface area contributed by atoms with E-state index >= 15 is 0 Å². The second kappa shape index (κ2) is 6.59. The van der Waals surface area contributed by atoms with Gasteiger partial charge in [0, 0.05) is 23.2 Å². The number of nitrogens with one attached hydrogen (secondary N) is 1. The highest BCUT2D eigenvalue weighted by Crippen LogP contribution is 2.29. The van der Waals surface area contributed by atoms with E-state index in [0.29, 0.717) is 0 Å². The molecule has 0 amide bonds. The van der Waals surface area contributed by atoms with E-state index in [-0.39, 0.29) is 5.97 Å². The average molecular weight is 341 g/mol. The van der Waals surface area contributed by atoms with Gasteiger partial charge in [-0.15, -0.1) is 0 Å². The van der Waals surface area contributed by atoms with Crippen molar-refractivity contribution in [3.63, 3.8) is 0 Å². The Morgan fingerprint density at radius 1 is 1.45 bits per heavy atom. The maximum absolute atomic E-state index is 12.3. The molecule has 5 heteroatoms. The number of hydrogen-bond donors (Lipinski definition) is 1. The quantitative estimate of drug-likeness (QED) is 0.855. The van der Waals surface area contributed by atoms with Crippen molar-refractivity contribution in [2.45, 2.75) is 25.3 Å². The van der Waals surface area contributed by atoms with Crippen LogP contribution >= 0.6 is 15.9 Å². The molecule has 1 aliphatic rings. The second-order valence-corrected chi connectivity index (χ2v) is 6.06. The summed E-state index contributed by atoms with van der Waals surface area (Å²) in [6, 6.07) is 7.88. The molecule has 1 aromatic rings. The predicted molar refractivity (Wildman–Crippen MR) is 83.9 cm³/mol. The summed E-state index contributed by atoms with van der Waals surface area (Å²) in [5, 5.41) is 3.40. The zero-order valence-corrected chi connectivity index (χ0v) is 13.6. The number of rotatable bonds is 4. The van der Waals surface area contributed by atoms with Gasteiger partial charge in [0.05, 0.1) is 7.11 Å². The fourth-order valence-electron chi connectivity index (χ4n) is 2.67. The molecule has 4 nitrogen and oxygen atoms in total. The zero-order valence-electron chi connectivity index (χ0n) is 12.0. The highest BCUT2D eigenvalue weighted by atomic mass is 79.9. The van der Waals surface area contributed by atoms with Gasteiger partial charge in [0.15, 0.2) is 0 Å². The van der Waals surface area contributed by atoms with Gasteiger partial charge in [-0.25, -0.2) is 4.79 Å². The van der Waals surface area contributed by atoms with Gasteiger partial charge in [-0.05, 0) is 37.6 Å². The monoisotopic (exact) mass is 340 g/mol. The van der Waals surface area contributed by atoms with E-state index in [9.17, 15) is 4.79 Å². The van der Waals surface area contributed by atoms with E-state index < -0.39 is 5.54 Å². The summed E-state index contributed by atoms with van der Waals surface area (Å²) in [4.78, 5) is 14.6. The summed E-state index contributed by atoms with van der Waals surface area (Å²) in [5.74, 6) is -0.173. The normalized spacial score (nSPS) is 18.6. The van der Waals surface area contributed by atoms with Crippen LogP contribution in [-0.4, -0.2) is 43.2 Å². The van der Waals surface area contributed by atoms with Crippen LogP contribution < -0.4 is 5.32 Å². The van der Waals surface area contributed by atoms with Crippen LogP contribution in [0.4, 0.5) is 5.69 Å². The highest BCUT2D eigenvalue weighted by molar-refractivity contribution is 9.10. The SMILES string of the molecule is CCN1CCC(Nc2cccc(Br)c2)(C(=O)OC)CC1. The average Bonchev–Trinajstić information content (AvgIpc) is 2.47. The molecule has 0 aromatic heterocycles. The van der Waals surface area contributed by atoms with Crippen LogP contribution in [0.5, 0.6) is 0 Å². The number of nitrogens with zero attached hydrogens (tertiary/aromatic N) is 1. The summed E-state index contributed by atoms with van der Waals surface area (Å²) >= 11 is 3.46. The van der Waals surface area contributed by atoms with Gasteiger partial charge in [0.25, 0.3) is 0 Å². The number of carbonyl (C=O) groups excluding carboxylic acids is 1. The van der Waals surface area contributed by atoms with Gasteiger partial charge in [-0.2, -0.15) is 0 Å². The maximum Gasteiger partial charge on any atom is 0.331 e.